The van der Waals surface area contributed by atoms with Crippen LogP contribution in [0.4, 0.5) is 0 Å². The average Bonchev–Trinajstić information content (AvgIpc) is 2.33. The second kappa shape index (κ2) is 5.29. The minimum Gasteiger partial charge on any atom is -0.486 e. The summed E-state index contributed by atoms with van der Waals surface area (Å²) in [6.45, 7) is 2.05. The van der Waals surface area contributed by atoms with Crippen molar-refractivity contribution >= 4 is 11.1 Å². The standard InChI is InChI=1S/C13H14O3S/c1-10-2-4-11(5-3-10)16-12-6-8-13(9-7-12)17(14)15/h2-4,6-9,11H,5H2,1H3,(H,14,15). The van der Waals surface area contributed by atoms with E-state index in [9.17, 15) is 4.21 Å². The first-order valence-corrected chi connectivity index (χ1v) is 6.48. The molecule has 90 valence electrons. The van der Waals surface area contributed by atoms with Gasteiger partial charge in [-0.25, -0.2) is 4.21 Å². The highest BCUT2D eigenvalue weighted by Gasteiger charge is 2.09. The van der Waals surface area contributed by atoms with Crippen LogP contribution in [-0.2, 0) is 11.1 Å². The largest absolute Gasteiger partial charge is 0.486 e. The normalized spacial score (nSPS) is 20.8. The lowest BCUT2D eigenvalue weighted by Crippen LogP contribution is -2.14. The van der Waals surface area contributed by atoms with E-state index >= 15 is 0 Å². The first-order valence-electron chi connectivity index (χ1n) is 5.38. The molecule has 2 rings (SSSR count). The molecule has 0 heterocycles. The van der Waals surface area contributed by atoms with Crippen molar-refractivity contribution < 1.29 is 13.5 Å². The Bertz CT molecular complexity index is 474. The topological polar surface area (TPSA) is 46.5 Å². The molecule has 0 fully saturated rings. The van der Waals surface area contributed by atoms with Crippen molar-refractivity contribution in [3.8, 4) is 5.75 Å². The summed E-state index contributed by atoms with van der Waals surface area (Å²) in [4.78, 5) is 0.382. The zero-order valence-corrected chi connectivity index (χ0v) is 10.3. The van der Waals surface area contributed by atoms with Crippen molar-refractivity contribution in [1.82, 2.24) is 0 Å². The Balaban J connectivity index is 2.00. The molecule has 0 radical (unpaired) electrons. The van der Waals surface area contributed by atoms with Gasteiger partial charge in [-0.05, 0) is 37.3 Å². The number of hydrogen-bond acceptors (Lipinski definition) is 2. The monoisotopic (exact) mass is 250 g/mol. The maximum atomic E-state index is 10.8. The van der Waals surface area contributed by atoms with E-state index in [1.165, 1.54) is 5.57 Å². The van der Waals surface area contributed by atoms with Crippen molar-refractivity contribution in [2.75, 3.05) is 0 Å². The van der Waals surface area contributed by atoms with Crippen molar-refractivity contribution in [2.45, 2.75) is 24.3 Å². The van der Waals surface area contributed by atoms with Crippen LogP contribution in [0.25, 0.3) is 0 Å². The molecule has 1 aliphatic rings. The van der Waals surface area contributed by atoms with Crippen molar-refractivity contribution in [2.24, 2.45) is 0 Å². The molecule has 0 amide bonds. The molecule has 0 aromatic heterocycles. The summed E-state index contributed by atoms with van der Waals surface area (Å²) < 4.78 is 25.4. The first-order chi connectivity index (χ1) is 8.15. The van der Waals surface area contributed by atoms with Crippen LogP contribution >= 0.6 is 0 Å². The molecule has 3 nitrogen and oxygen atoms in total. The molecule has 2 atom stereocenters. The van der Waals surface area contributed by atoms with E-state index in [0.29, 0.717) is 10.6 Å². The van der Waals surface area contributed by atoms with Gasteiger partial charge >= 0.3 is 0 Å². The first kappa shape index (κ1) is 12.1. The minimum atomic E-state index is -1.93. The highest BCUT2D eigenvalue weighted by atomic mass is 32.2. The van der Waals surface area contributed by atoms with Gasteiger partial charge in [-0.15, -0.1) is 0 Å². The van der Waals surface area contributed by atoms with Gasteiger partial charge in [0.05, 0.1) is 4.90 Å². The minimum absolute atomic E-state index is 0.0455. The van der Waals surface area contributed by atoms with Gasteiger partial charge in [0, 0.05) is 6.42 Å². The molecule has 17 heavy (non-hydrogen) atoms. The van der Waals surface area contributed by atoms with Gasteiger partial charge in [0.1, 0.15) is 11.9 Å². The number of benzene rings is 1. The molecule has 0 bridgehead atoms. The van der Waals surface area contributed by atoms with Crippen LogP contribution in [0.3, 0.4) is 0 Å². The van der Waals surface area contributed by atoms with Gasteiger partial charge in [-0.3, -0.25) is 0 Å². The summed E-state index contributed by atoms with van der Waals surface area (Å²) in [7, 11) is 0. The molecule has 0 aliphatic heterocycles. The van der Waals surface area contributed by atoms with Crippen LogP contribution in [0.1, 0.15) is 13.3 Å². The summed E-state index contributed by atoms with van der Waals surface area (Å²) in [6, 6.07) is 6.61. The van der Waals surface area contributed by atoms with Crippen LogP contribution in [0, 0.1) is 0 Å². The second-order valence-corrected chi connectivity index (χ2v) is 4.89. The third-order valence-electron chi connectivity index (χ3n) is 2.56. The third-order valence-corrected chi connectivity index (χ3v) is 3.23. The van der Waals surface area contributed by atoms with E-state index in [4.69, 9.17) is 9.29 Å². The number of allylic oxidation sites excluding steroid dienone is 2. The summed E-state index contributed by atoms with van der Waals surface area (Å²) in [6.07, 6.45) is 7.08. The Kier molecular flexibility index (Phi) is 3.76. The van der Waals surface area contributed by atoms with Gasteiger partial charge in [0.25, 0.3) is 0 Å². The lowest BCUT2D eigenvalue weighted by atomic mass is 10.1. The lowest BCUT2D eigenvalue weighted by molar-refractivity contribution is 0.251. The summed E-state index contributed by atoms with van der Waals surface area (Å²) >= 11 is -1.93. The van der Waals surface area contributed by atoms with E-state index in [-0.39, 0.29) is 6.10 Å². The number of ether oxygens (including phenoxy) is 1. The Morgan fingerprint density at radius 1 is 1.35 bits per heavy atom. The molecule has 4 heteroatoms. The molecule has 0 saturated carbocycles. The maximum absolute atomic E-state index is 10.8. The van der Waals surface area contributed by atoms with Crippen molar-refractivity contribution in [1.29, 1.82) is 0 Å². The molecular formula is C13H14O3S. The molecule has 2 unspecified atom stereocenters. The molecule has 1 aromatic carbocycles. The molecule has 0 saturated heterocycles. The molecule has 1 N–H and O–H groups in total. The fourth-order valence-corrected chi connectivity index (χ4v) is 1.97. The predicted molar refractivity (Wildman–Crippen MR) is 67.4 cm³/mol. The molecule has 1 aliphatic carbocycles. The van der Waals surface area contributed by atoms with Crippen LogP contribution in [0.15, 0.2) is 53.0 Å². The van der Waals surface area contributed by atoms with Crippen molar-refractivity contribution in [3.05, 3.63) is 48.1 Å². The Morgan fingerprint density at radius 3 is 2.59 bits per heavy atom. The zero-order chi connectivity index (χ0) is 12.3. The average molecular weight is 250 g/mol. The molecular weight excluding hydrogens is 236 g/mol. The van der Waals surface area contributed by atoms with E-state index < -0.39 is 11.1 Å². The SMILES string of the molecule is CC1=CCC(Oc2ccc(S(=O)O)cc2)C=C1. The smallest absolute Gasteiger partial charge is 0.186 e. The summed E-state index contributed by atoms with van der Waals surface area (Å²) in [5.41, 5.74) is 1.25. The van der Waals surface area contributed by atoms with E-state index in [0.717, 1.165) is 6.42 Å². The quantitative estimate of drug-likeness (QED) is 0.839. The van der Waals surface area contributed by atoms with Crippen LogP contribution in [-0.4, -0.2) is 14.9 Å². The van der Waals surface area contributed by atoms with Gasteiger partial charge in [0.15, 0.2) is 11.1 Å². The lowest BCUT2D eigenvalue weighted by Gasteiger charge is -2.17. The fourth-order valence-electron chi connectivity index (χ4n) is 1.60. The Hall–Kier alpha value is -1.39. The second-order valence-electron chi connectivity index (χ2n) is 3.92. The highest BCUT2D eigenvalue weighted by Crippen LogP contribution is 2.19. The Labute approximate surface area is 103 Å². The van der Waals surface area contributed by atoms with Gasteiger partial charge in [0.2, 0.25) is 0 Å². The van der Waals surface area contributed by atoms with Crippen LogP contribution in [0.2, 0.25) is 0 Å². The van der Waals surface area contributed by atoms with Gasteiger partial charge < -0.3 is 9.29 Å². The van der Waals surface area contributed by atoms with Crippen LogP contribution in [0.5, 0.6) is 5.75 Å². The molecule has 1 aromatic rings. The summed E-state index contributed by atoms with van der Waals surface area (Å²) in [5, 5.41) is 0. The Morgan fingerprint density at radius 2 is 2.06 bits per heavy atom. The van der Waals surface area contributed by atoms with E-state index in [1.807, 2.05) is 12.2 Å². The van der Waals surface area contributed by atoms with Gasteiger partial charge in [-0.1, -0.05) is 17.7 Å². The zero-order valence-electron chi connectivity index (χ0n) is 9.50. The van der Waals surface area contributed by atoms with E-state index in [1.54, 1.807) is 24.3 Å². The third kappa shape index (κ3) is 3.28. The van der Waals surface area contributed by atoms with Crippen molar-refractivity contribution in [3.63, 3.8) is 0 Å². The molecule has 0 spiro atoms. The fraction of sp³-hybridized carbons (Fsp3) is 0.231. The summed E-state index contributed by atoms with van der Waals surface area (Å²) in [5.74, 6) is 0.710. The van der Waals surface area contributed by atoms with Crippen LogP contribution < -0.4 is 4.74 Å². The number of hydrogen-bond donors (Lipinski definition) is 1. The highest BCUT2D eigenvalue weighted by molar-refractivity contribution is 7.79. The maximum Gasteiger partial charge on any atom is 0.186 e. The van der Waals surface area contributed by atoms with E-state index in [2.05, 4.69) is 13.0 Å². The predicted octanol–water partition coefficient (Wildman–Crippen LogP) is 2.92. The van der Waals surface area contributed by atoms with Gasteiger partial charge in [-0.2, -0.15) is 0 Å². The number of rotatable bonds is 3.